The summed E-state index contributed by atoms with van der Waals surface area (Å²) < 4.78 is 5.13. The molecule has 0 fully saturated rings. The van der Waals surface area contributed by atoms with Crippen LogP contribution in [0.4, 0.5) is 0 Å². The highest BCUT2D eigenvalue weighted by molar-refractivity contribution is 6.34. The maximum atomic E-state index is 6.18. The molecule has 0 saturated carbocycles. The lowest BCUT2D eigenvalue weighted by Crippen LogP contribution is -1.90. The van der Waals surface area contributed by atoms with Crippen LogP contribution in [-0.2, 0) is 0 Å². The van der Waals surface area contributed by atoms with Crippen LogP contribution in [0.3, 0.4) is 0 Å². The quantitative estimate of drug-likeness (QED) is 0.669. The monoisotopic (exact) mass is 296 g/mol. The molecule has 21 heavy (non-hydrogen) atoms. The van der Waals surface area contributed by atoms with Gasteiger partial charge in [0.2, 0.25) is 0 Å². The van der Waals surface area contributed by atoms with E-state index in [4.69, 9.17) is 16.3 Å². The van der Waals surface area contributed by atoms with Crippen molar-refractivity contribution in [3.8, 4) is 5.75 Å². The van der Waals surface area contributed by atoms with Crippen molar-refractivity contribution in [3.63, 3.8) is 0 Å². The average molecular weight is 297 g/mol. The fourth-order valence-electron chi connectivity index (χ4n) is 2.02. The highest BCUT2D eigenvalue weighted by Gasteiger charge is 2.02. The Morgan fingerprint density at radius 1 is 0.952 bits per heavy atom. The summed E-state index contributed by atoms with van der Waals surface area (Å²) in [5.74, 6) is 1.42. The fourth-order valence-corrected chi connectivity index (χ4v) is 2.26. The number of rotatable bonds is 3. The molecule has 0 N–H and O–H groups in total. The number of methoxy groups -OCH3 is 1. The molecule has 0 radical (unpaired) electrons. The summed E-state index contributed by atoms with van der Waals surface area (Å²) in [5.41, 5.74) is 1.88. The molecule has 3 nitrogen and oxygen atoms in total. The van der Waals surface area contributed by atoms with Crippen molar-refractivity contribution in [2.24, 2.45) is 0 Å². The van der Waals surface area contributed by atoms with Crippen molar-refractivity contribution in [1.82, 2.24) is 9.97 Å². The van der Waals surface area contributed by atoms with Gasteiger partial charge in [-0.1, -0.05) is 41.9 Å². The van der Waals surface area contributed by atoms with Gasteiger partial charge in [0, 0.05) is 5.39 Å². The minimum absolute atomic E-state index is 0.468. The third-order valence-electron chi connectivity index (χ3n) is 3.11. The summed E-state index contributed by atoms with van der Waals surface area (Å²) in [5, 5.41) is 1.33. The summed E-state index contributed by atoms with van der Waals surface area (Å²) in [4.78, 5) is 8.77. The maximum Gasteiger partial charge on any atom is 0.154 e. The average Bonchev–Trinajstić information content (AvgIpc) is 2.53. The lowest BCUT2D eigenvalue weighted by molar-refractivity contribution is 0.415. The van der Waals surface area contributed by atoms with E-state index >= 15 is 0 Å². The van der Waals surface area contributed by atoms with Gasteiger partial charge in [0.1, 0.15) is 10.9 Å². The normalized spacial score (nSPS) is 11.1. The highest BCUT2D eigenvalue weighted by Crippen LogP contribution is 2.20. The van der Waals surface area contributed by atoms with Gasteiger partial charge in [-0.15, -0.1) is 0 Å². The second-order valence-corrected chi connectivity index (χ2v) is 4.85. The van der Waals surface area contributed by atoms with Gasteiger partial charge in [0.15, 0.2) is 5.82 Å². The smallest absolute Gasteiger partial charge is 0.154 e. The highest BCUT2D eigenvalue weighted by atomic mass is 35.5. The van der Waals surface area contributed by atoms with Crippen LogP contribution in [0.15, 0.2) is 48.5 Å². The van der Waals surface area contributed by atoms with Crippen LogP contribution < -0.4 is 4.74 Å². The molecule has 0 spiro atoms. The third-order valence-corrected chi connectivity index (χ3v) is 3.40. The van der Waals surface area contributed by atoms with E-state index in [-0.39, 0.29) is 0 Å². The Morgan fingerprint density at radius 3 is 2.48 bits per heavy atom. The largest absolute Gasteiger partial charge is 0.497 e. The first kappa shape index (κ1) is 13.6. The lowest BCUT2D eigenvalue weighted by Gasteiger charge is -2.01. The summed E-state index contributed by atoms with van der Waals surface area (Å²) in [6.45, 7) is 0. The first-order valence-electron chi connectivity index (χ1n) is 6.51. The number of ether oxygens (including phenoxy) is 1. The van der Waals surface area contributed by atoms with Gasteiger partial charge in [-0.25, -0.2) is 9.97 Å². The zero-order valence-corrected chi connectivity index (χ0v) is 12.2. The van der Waals surface area contributed by atoms with E-state index in [1.807, 2.05) is 60.7 Å². The van der Waals surface area contributed by atoms with Crippen LogP contribution in [0.2, 0.25) is 5.15 Å². The number of hydrogen-bond acceptors (Lipinski definition) is 3. The summed E-state index contributed by atoms with van der Waals surface area (Å²) in [6, 6.07) is 15.5. The predicted octanol–water partition coefficient (Wildman–Crippen LogP) is 4.46. The van der Waals surface area contributed by atoms with E-state index in [1.54, 1.807) is 7.11 Å². The van der Waals surface area contributed by atoms with Gasteiger partial charge in [0.05, 0.1) is 12.6 Å². The molecular formula is C17H13ClN2O. The van der Waals surface area contributed by atoms with Crippen LogP contribution >= 0.6 is 11.6 Å². The minimum atomic E-state index is 0.468. The molecular weight excluding hydrogens is 284 g/mol. The van der Waals surface area contributed by atoms with Gasteiger partial charge in [-0.3, -0.25) is 0 Å². The molecule has 104 valence electrons. The van der Waals surface area contributed by atoms with Gasteiger partial charge < -0.3 is 4.74 Å². The Balaban J connectivity index is 1.91. The molecule has 1 aromatic heterocycles. The van der Waals surface area contributed by atoms with Crippen LogP contribution in [-0.4, -0.2) is 17.1 Å². The van der Waals surface area contributed by atoms with Crippen molar-refractivity contribution < 1.29 is 4.74 Å². The summed E-state index contributed by atoms with van der Waals surface area (Å²) >= 11 is 6.18. The van der Waals surface area contributed by atoms with Crippen molar-refractivity contribution >= 4 is 34.7 Å². The Morgan fingerprint density at radius 2 is 1.71 bits per heavy atom. The Labute approximate surface area is 127 Å². The number of aromatic nitrogens is 2. The molecule has 0 unspecified atom stereocenters. The first-order valence-corrected chi connectivity index (χ1v) is 6.88. The number of nitrogens with zero attached hydrogens (tertiary/aromatic N) is 2. The maximum absolute atomic E-state index is 6.18. The second-order valence-electron chi connectivity index (χ2n) is 4.50. The Kier molecular flexibility index (Phi) is 3.84. The molecule has 0 bridgehead atoms. The van der Waals surface area contributed by atoms with E-state index < -0.39 is 0 Å². The number of benzene rings is 2. The molecule has 3 rings (SSSR count). The standard InChI is InChI=1S/C17H13ClN2O/c1-21-13-9-6-12(7-10-13)8-11-16-19-15-5-3-2-4-14(15)17(18)20-16/h2-11H,1H3/b11-8+. The molecule has 0 atom stereocenters. The van der Waals surface area contributed by atoms with E-state index in [0.29, 0.717) is 11.0 Å². The Hall–Kier alpha value is -2.39. The van der Waals surface area contributed by atoms with E-state index in [0.717, 1.165) is 22.2 Å². The van der Waals surface area contributed by atoms with Crippen molar-refractivity contribution in [2.75, 3.05) is 7.11 Å². The van der Waals surface area contributed by atoms with Crippen molar-refractivity contribution in [3.05, 3.63) is 65.1 Å². The van der Waals surface area contributed by atoms with Gasteiger partial charge >= 0.3 is 0 Å². The molecule has 4 heteroatoms. The second kappa shape index (κ2) is 5.94. The van der Waals surface area contributed by atoms with Crippen LogP contribution in [0.5, 0.6) is 5.75 Å². The minimum Gasteiger partial charge on any atom is -0.497 e. The summed E-state index contributed by atoms with van der Waals surface area (Å²) in [6.07, 6.45) is 3.79. The van der Waals surface area contributed by atoms with E-state index in [1.165, 1.54) is 0 Å². The summed E-state index contributed by atoms with van der Waals surface area (Å²) in [7, 11) is 1.65. The van der Waals surface area contributed by atoms with Crippen molar-refractivity contribution in [2.45, 2.75) is 0 Å². The molecule has 2 aromatic carbocycles. The Bertz CT molecular complexity index is 797. The predicted molar refractivity (Wildman–Crippen MR) is 86.5 cm³/mol. The topological polar surface area (TPSA) is 35.0 Å². The van der Waals surface area contributed by atoms with Crippen LogP contribution in [0, 0.1) is 0 Å². The molecule has 0 saturated heterocycles. The fraction of sp³-hybridized carbons (Fsp3) is 0.0588. The van der Waals surface area contributed by atoms with Gasteiger partial charge in [0.25, 0.3) is 0 Å². The van der Waals surface area contributed by atoms with E-state index in [9.17, 15) is 0 Å². The SMILES string of the molecule is COc1ccc(/C=C/c2nc(Cl)c3ccccc3n2)cc1. The molecule has 0 amide bonds. The zero-order valence-electron chi connectivity index (χ0n) is 11.5. The van der Waals surface area contributed by atoms with Crippen molar-refractivity contribution in [1.29, 1.82) is 0 Å². The van der Waals surface area contributed by atoms with Gasteiger partial charge in [-0.2, -0.15) is 0 Å². The van der Waals surface area contributed by atoms with Crippen LogP contribution in [0.25, 0.3) is 23.1 Å². The first-order chi connectivity index (χ1) is 10.3. The molecule has 0 aliphatic carbocycles. The zero-order chi connectivity index (χ0) is 14.7. The lowest BCUT2D eigenvalue weighted by atomic mass is 10.2. The van der Waals surface area contributed by atoms with Crippen LogP contribution in [0.1, 0.15) is 11.4 Å². The number of para-hydroxylation sites is 1. The molecule has 0 aliphatic heterocycles. The molecule has 0 aliphatic rings. The molecule has 1 heterocycles. The van der Waals surface area contributed by atoms with Gasteiger partial charge in [-0.05, 0) is 35.9 Å². The number of hydrogen-bond donors (Lipinski definition) is 0. The molecule has 3 aromatic rings. The van der Waals surface area contributed by atoms with E-state index in [2.05, 4.69) is 9.97 Å². The number of fused-ring (bicyclic) bond motifs is 1. The number of halogens is 1. The third kappa shape index (κ3) is 3.03.